The smallest absolute Gasteiger partial charge is 0.412 e. The number of benzene rings is 1. The molecule has 0 aliphatic heterocycles. The minimum absolute atomic E-state index is 0.141. The highest BCUT2D eigenvalue weighted by atomic mass is 16.6. The molecule has 8 nitrogen and oxygen atoms in total. The van der Waals surface area contributed by atoms with Crippen LogP contribution in [-0.4, -0.2) is 35.7 Å². The van der Waals surface area contributed by atoms with Crippen LogP contribution in [0, 0.1) is 17.2 Å². The van der Waals surface area contributed by atoms with Gasteiger partial charge in [-0.25, -0.2) is 9.59 Å². The van der Waals surface area contributed by atoms with Gasteiger partial charge in [0.15, 0.2) is 6.61 Å². The lowest BCUT2D eigenvalue weighted by atomic mass is 9.98. The first-order chi connectivity index (χ1) is 13.0. The van der Waals surface area contributed by atoms with Gasteiger partial charge >= 0.3 is 12.1 Å². The number of amides is 2. The van der Waals surface area contributed by atoms with Crippen molar-refractivity contribution in [3.8, 4) is 6.07 Å². The van der Waals surface area contributed by atoms with Crippen LogP contribution in [0.5, 0.6) is 0 Å². The molecule has 0 heterocycles. The standard InChI is InChI=1S/C20H25N3O5/c1-19(2,3)28-18(26)22-15-9-5-13(6-10-15)17(25)27-11-16(24)23-20(4,12-21)14-7-8-14/h5-6,9-10,14H,7-8,11H2,1-4H3,(H,22,26)(H,23,24)/t20-/m0/s1. The Morgan fingerprint density at radius 1 is 1.14 bits per heavy atom. The van der Waals surface area contributed by atoms with E-state index in [0.717, 1.165) is 12.8 Å². The molecule has 0 radical (unpaired) electrons. The van der Waals surface area contributed by atoms with Gasteiger partial charge in [0.05, 0.1) is 11.6 Å². The Balaban J connectivity index is 1.83. The maximum absolute atomic E-state index is 12.1. The number of nitrogens with one attached hydrogen (secondary N) is 2. The normalized spacial score (nSPS) is 15.5. The molecule has 1 fully saturated rings. The van der Waals surface area contributed by atoms with Gasteiger partial charge in [0, 0.05) is 5.69 Å². The van der Waals surface area contributed by atoms with Crippen LogP contribution in [0.25, 0.3) is 0 Å². The van der Waals surface area contributed by atoms with Crippen molar-refractivity contribution in [1.29, 1.82) is 5.26 Å². The van der Waals surface area contributed by atoms with Crippen LogP contribution >= 0.6 is 0 Å². The third-order valence-corrected chi connectivity index (χ3v) is 4.13. The fourth-order valence-corrected chi connectivity index (χ4v) is 2.53. The molecule has 1 aliphatic rings. The molecule has 2 amide bonds. The number of hydrogen-bond acceptors (Lipinski definition) is 6. The van der Waals surface area contributed by atoms with Gasteiger partial charge in [-0.1, -0.05) is 0 Å². The minimum Gasteiger partial charge on any atom is -0.452 e. The van der Waals surface area contributed by atoms with Crippen molar-refractivity contribution in [3.05, 3.63) is 29.8 Å². The van der Waals surface area contributed by atoms with Gasteiger partial charge in [-0.15, -0.1) is 0 Å². The maximum Gasteiger partial charge on any atom is 0.412 e. The van der Waals surface area contributed by atoms with Gasteiger partial charge in [0.1, 0.15) is 11.1 Å². The summed E-state index contributed by atoms with van der Waals surface area (Å²) < 4.78 is 10.1. The summed E-state index contributed by atoms with van der Waals surface area (Å²) in [4.78, 5) is 35.8. The van der Waals surface area contributed by atoms with Crippen LogP contribution in [0.1, 0.15) is 50.9 Å². The van der Waals surface area contributed by atoms with Gasteiger partial charge in [0.2, 0.25) is 0 Å². The predicted molar refractivity (Wildman–Crippen MR) is 101 cm³/mol. The number of esters is 1. The summed E-state index contributed by atoms with van der Waals surface area (Å²) in [6, 6.07) is 8.10. The first-order valence-electron chi connectivity index (χ1n) is 9.02. The zero-order valence-corrected chi connectivity index (χ0v) is 16.5. The summed E-state index contributed by atoms with van der Waals surface area (Å²) in [5.74, 6) is -1.06. The van der Waals surface area contributed by atoms with Crippen molar-refractivity contribution < 1.29 is 23.9 Å². The van der Waals surface area contributed by atoms with Crippen LogP contribution in [0.3, 0.4) is 0 Å². The number of carbonyl (C=O) groups is 3. The molecule has 2 rings (SSSR count). The van der Waals surface area contributed by atoms with Crippen LogP contribution in [0.4, 0.5) is 10.5 Å². The highest BCUT2D eigenvalue weighted by Crippen LogP contribution is 2.39. The number of ether oxygens (including phenoxy) is 2. The lowest BCUT2D eigenvalue weighted by Gasteiger charge is -2.22. The molecule has 0 saturated heterocycles. The van der Waals surface area contributed by atoms with Crippen LogP contribution in [-0.2, 0) is 14.3 Å². The number of anilines is 1. The predicted octanol–water partition coefficient (Wildman–Crippen LogP) is 3.00. The van der Waals surface area contributed by atoms with Crippen molar-refractivity contribution in [2.75, 3.05) is 11.9 Å². The van der Waals surface area contributed by atoms with Crippen molar-refractivity contribution >= 4 is 23.7 Å². The first kappa shape index (κ1) is 21.2. The number of nitriles is 1. The molecule has 1 atom stereocenters. The Labute approximate surface area is 164 Å². The monoisotopic (exact) mass is 387 g/mol. The van der Waals surface area contributed by atoms with E-state index < -0.39 is 35.7 Å². The molecular weight excluding hydrogens is 362 g/mol. The average molecular weight is 387 g/mol. The summed E-state index contributed by atoms with van der Waals surface area (Å²) >= 11 is 0. The van der Waals surface area contributed by atoms with Crippen LogP contribution in [0.2, 0.25) is 0 Å². The molecule has 28 heavy (non-hydrogen) atoms. The summed E-state index contributed by atoms with van der Waals surface area (Å²) in [5, 5.41) is 14.4. The van der Waals surface area contributed by atoms with E-state index in [4.69, 9.17) is 9.47 Å². The van der Waals surface area contributed by atoms with E-state index in [1.807, 2.05) is 0 Å². The molecule has 0 bridgehead atoms. The van der Waals surface area contributed by atoms with E-state index in [2.05, 4.69) is 16.7 Å². The summed E-state index contributed by atoms with van der Waals surface area (Å²) in [6.45, 7) is 6.46. The van der Waals surface area contributed by atoms with Gasteiger partial charge in [-0.3, -0.25) is 10.1 Å². The quantitative estimate of drug-likeness (QED) is 0.725. The summed E-state index contributed by atoms with van der Waals surface area (Å²) in [7, 11) is 0. The average Bonchev–Trinajstić information content (AvgIpc) is 3.44. The van der Waals surface area contributed by atoms with Crippen molar-refractivity contribution in [2.24, 2.45) is 5.92 Å². The number of hydrogen-bond donors (Lipinski definition) is 2. The molecule has 1 aromatic carbocycles. The van der Waals surface area contributed by atoms with Gasteiger partial charge in [0.25, 0.3) is 5.91 Å². The Bertz CT molecular complexity index is 788. The topological polar surface area (TPSA) is 118 Å². The third-order valence-electron chi connectivity index (χ3n) is 4.13. The van der Waals surface area contributed by atoms with E-state index >= 15 is 0 Å². The number of rotatable bonds is 6. The van der Waals surface area contributed by atoms with Gasteiger partial charge < -0.3 is 14.8 Å². The molecule has 2 N–H and O–H groups in total. The molecule has 0 spiro atoms. The minimum atomic E-state index is -0.932. The summed E-state index contributed by atoms with van der Waals surface area (Å²) in [5.41, 5.74) is -0.862. The molecule has 1 saturated carbocycles. The van der Waals surface area contributed by atoms with Gasteiger partial charge in [-0.2, -0.15) is 5.26 Å². The summed E-state index contributed by atoms with van der Waals surface area (Å²) in [6.07, 6.45) is 1.19. The fourth-order valence-electron chi connectivity index (χ4n) is 2.53. The highest BCUT2D eigenvalue weighted by molar-refractivity contribution is 5.92. The van der Waals surface area contributed by atoms with Crippen LogP contribution in [0.15, 0.2) is 24.3 Å². The number of carbonyl (C=O) groups excluding carboxylic acids is 3. The Hall–Kier alpha value is -3.08. The van der Waals surface area contributed by atoms with Crippen LogP contribution < -0.4 is 10.6 Å². The van der Waals surface area contributed by atoms with Crippen molar-refractivity contribution in [2.45, 2.75) is 51.7 Å². The lowest BCUT2D eigenvalue weighted by molar-refractivity contribution is -0.125. The molecule has 1 aliphatic carbocycles. The van der Waals surface area contributed by atoms with E-state index in [1.54, 1.807) is 27.7 Å². The Morgan fingerprint density at radius 2 is 1.75 bits per heavy atom. The SMILES string of the molecule is CC(C)(C)OC(=O)Nc1ccc(C(=O)OCC(=O)N[C@@](C)(C#N)C2CC2)cc1. The molecule has 8 heteroatoms. The van der Waals surface area contributed by atoms with E-state index in [9.17, 15) is 19.6 Å². The molecule has 150 valence electrons. The van der Waals surface area contributed by atoms with Crippen molar-refractivity contribution in [1.82, 2.24) is 5.32 Å². The Kier molecular flexibility index (Phi) is 6.29. The fraction of sp³-hybridized carbons (Fsp3) is 0.500. The lowest BCUT2D eigenvalue weighted by Crippen LogP contribution is -2.48. The third kappa shape index (κ3) is 6.27. The zero-order valence-electron chi connectivity index (χ0n) is 16.5. The molecule has 1 aromatic rings. The Morgan fingerprint density at radius 3 is 2.25 bits per heavy atom. The first-order valence-corrected chi connectivity index (χ1v) is 9.02. The molecule has 0 aromatic heterocycles. The van der Waals surface area contributed by atoms with E-state index in [-0.39, 0.29) is 11.5 Å². The molecular formula is C20H25N3O5. The largest absolute Gasteiger partial charge is 0.452 e. The van der Waals surface area contributed by atoms with E-state index in [1.165, 1.54) is 24.3 Å². The second-order valence-corrected chi connectivity index (χ2v) is 7.92. The zero-order chi connectivity index (χ0) is 20.9. The second-order valence-electron chi connectivity index (χ2n) is 7.92. The van der Waals surface area contributed by atoms with Crippen molar-refractivity contribution in [3.63, 3.8) is 0 Å². The molecule has 0 unspecified atom stereocenters. The second kappa shape index (κ2) is 8.30. The van der Waals surface area contributed by atoms with E-state index in [0.29, 0.717) is 5.69 Å². The number of nitrogens with zero attached hydrogens (tertiary/aromatic N) is 1. The van der Waals surface area contributed by atoms with Gasteiger partial charge in [-0.05, 0) is 70.7 Å². The maximum atomic E-state index is 12.1. The highest BCUT2D eigenvalue weighted by Gasteiger charge is 2.43.